The number of hydrogen-bond donors (Lipinski definition) is 1. The highest BCUT2D eigenvalue weighted by molar-refractivity contribution is 7.91. The maximum absolute atomic E-state index is 12.8. The summed E-state index contributed by atoms with van der Waals surface area (Å²) in [5.41, 5.74) is 2.30. The summed E-state index contributed by atoms with van der Waals surface area (Å²) >= 11 is 0. The zero-order valence-electron chi connectivity index (χ0n) is 12.3. The molecule has 0 spiro atoms. The topological polar surface area (TPSA) is 46.2 Å². The average Bonchev–Trinajstić information content (AvgIpc) is 2.93. The Morgan fingerprint density at radius 2 is 1.68 bits per heavy atom. The van der Waals surface area contributed by atoms with Gasteiger partial charge in [-0.1, -0.05) is 31.0 Å². The molecule has 2 aliphatic rings. The molecule has 0 saturated heterocycles. The van der Waals surface area contributed by atoms with Crippen LogP contribution in [0.2, 0.25) is 0 Å². The summed E-state index contributed by atoms with van der Waals surface area (Å²) in [6.45, 7) is 0. The molecule has 0 aromatic heterocycles. The normalized spacial score (nSPS) is 23.5. The van der Waals surface area contributed by atoms with Gasteiger partial charge in [0.1, 0.15) is 0 Å². The van der Waals surface area contributed by atoms with Crippen LogP contribution in [0.3, 0.4) is 0 Å². The monoisotopic (exact) mass is 313 g/mol. The summed E-state index contributed by atoms with van der Waals surface area (Å²) in [6, 6.07) is 14.7. The highest BCUT2D eigenvalue weighted by Gasteiger charge is 2.34. The van der Waals surface area contributed by atoms with Gasteiger partial charge >= 0.3 is 0 Å². The lowest BCUT2D eigenvalue weighted by Crippen LogP contribution is -2.23. The van der Waals surface area contributed by atoms with Crippen molar-refractivity contribution < 1.29 is 8.42 Å². The first-order valence-corrected chi connectivity index (χ1v) is 9.35. The Hall–Kier alpha value is -1.81. The van der Waals surface area contributed by atoms with E-state index in [1.807, 2.05) is 18.2 Å². The van der Waals surface area contributed by atoms with E-state index >= 15 is 0 Å². The molecule has 4 rings (SSSR count). The number of nitrogens with one attached hydrogen (secondary N) is 1. The van der Waals surface area contributed by atoms with Gasteiger partial charge in [0.05, 0.1) is 9.79 Å². The molecule has 2 aromatic carbocycles. The van der Waals surface area contributed by atoms with Crippen LogP contribution in [0.4, 0.5) is 5.69 Å². The summed E-state index contributed by atoms with van der Waals surface area (Å²) in [4.78, 5) is 0.770. The summed E-state index contributed by atoms with van der Waals surface area (Å²) < 4.78 is 25.5. The zero-order chi connectivity index (χ0) is 15.2. The third-order valence-electron chi connectivity index (χ3n) is 4.89. The van der Waals surface area contributed by atoms with E-state index < -0.39 is 9.84 Å². The van der Waals surface area contributed by atoms with Gasteiger partial charge in [-0.3, -0.25) is 0 Å². The Kier molecular flexibility index (Phi) is 3.22. The molecule has 1 N–H and O–H groups in total. The highest BCUT2D eigenvalue weighted by atomic mass is 32.2. The molecule has 1 fully saturated rings. The Balaban J connectivity index is 1.77. The average molecular weight is 313 g/mol. The van der Waals surface area contributed by atoms with E-state index in [1.165, 1.54) is 24.8 Å². The SMILES string of the molecule is O=S(=O)(c1ccccc1)c1ccc2c(c1)C1CCCCC1N2. The standard InChI is InChI=1S/C18H19NO2S/c20-22(21,13-6-2-1-3-7-13)14-10-11-18-16(12-14)15-8-4-5-9-17(15)19-18/h1-3,6-7,10-12,15,17,19H,4-5,8-9H2. The molecule has 0 amide bonds. The van der Waals surface area contributed by atoms with Crippen molar-refractivity contribution in [1.82, 2.24) is 0 Å². The van der Waals surface area contributed by atoms with Crippen LogP contribution in [-0.2, 0) is 9.84 Å². The first kappa shape index (κ1) is 13.8. The molecule has 22 heavy (non-hydrogen) atoms. The van der Waals surface area contributed by atoms with Crippen LogP contribution in [-0.4, -0.2) is 14.5 Å². The lowest BCUT2D eigenvalue weighted by molar-refractivity contribution is 0.422. The third kappa shape index (κ3) is 2.13. The second-order valence-corrected chi connectivity index (χ2v) is 8.16. The Morgan fingerprint density at radius 1 is 0.909 bits per heavy atom. The minimum atomic E-state index is -3.43. The maximum Gasteiger partial charge on any atom is 0.206 e. The van der Waals surface area contributed by atoms with Gasteiger partial charge in [0.25, 0.3) is 0 Å². The van der Waals surface area contributed by atoms with Crippen LogP contribution >= 0.6 is 0 Å². The van der Waals surface area contributed by atoms with Crippen molar-refractivity contribution in [3.63, 3.8) is 0 Å². The molecule has 1 aliphatic heterocycles. The largest absolute Gasteiger partial charge is 0.381 e. The molecule has 114 valence electrons. The van der Waals surface area contributed by atoms with E-state index in [0.29, 0.717) is 21.8 Å². The van der Waals surface area contributed by atoms with Crippen LogP contribution < -0.4 is 5.32 Å². The first-order valence-electron chi connectivity index (χ1n) is 7.87. The number of benzene rings is 2. The molecule has 1 saturated carbocycles. The van der Waals surface area contributed by atoms with Crippen molar-refractivity contribution in [2.75, 3.05) is 5.32 Å². The van der Waals surface area contributed by atoms with Gasteiger partial charge in [-0.05, 0) is 48.7 Å². The minimum Gasteiger partial charge on any atom is -0.381 e. The van der Waals surface area contributed by atoms with Crippen LogP contribution in [0.5, 0.6) is 0 Å². The van der Waals surface area contributed by atoms with Crippen molar-refractivity contribution in [3.8, 4) is 0 Å². The molecule has 0 radical (unpaired) electrons. The van der Waals surface area contributed by atoms with Gasteiger partial charge in [0.15, 0.2) is 0 Å². The molecule has 1 heterocycles. The van der Waals surface area contributed by atoms with Gasteiger partial charge in [-0.2, -0.15) is 0 Å². The smallest absolute Gasteiger partial charge is 0.206 e. The van der Waals surface area contributed by atoms with Crippen LogP contribution in [0.25, 0.3) is 0 Å². The van der Waals surface area contributed by atoms with E-state index in [2.05, 4.69) is 5.32 Å². The van der Waals surface area contributed by atoms with Crippen molar-refractivity contribution in [2.24, 2.45) is 0 Å². The summed E-state index contributed by atoms with van der Waals surface area (Å²) in [5, 5.41) is 3.56. The molecule has 3 nitrogen and oxygen atoms in total. The van der Waals surface area contributed by atoms with E-state index in [4.69, 9.17) is 0 Å². The second kappa shape index (κ2) is 5.13. The summed E-state index contributed by atoms with van der Waals surface area (Å²) in [5.74, 6) is 0.467. The van der Waals surface area contributed by atoms with Crippen LogP contribution in [0.15, 0.2) is 58.3 Å². The van der Waals surface area contributed by atoms with Crippen molar-refractivity contribution in [2.45, 2.75) is 47.4 Å². The number of hydrogen-bond acceptors (Lipinski definition) is 3. The van der Waals surface area contributed by atoms with Crippen LogP contribution in [0.1, 0.15) is 37.2 Å². The van der Waals surface area contributed by atoms with E-state index in [-0.39, 0.29) is 0 Å². The predicted molar refractivity (Wildman–Crippen MR) is 87.0 cm³/mol. The minimum absolute atomic E-state index is 0.362. The molecule has 2 unspecified atom stereocenters. The van der Waals surface area contributed by atoms with Gasteiger partial charge < -0.3 is 5.32 Å². The highest BCUT2D eigenvalue weighted by Crippen LogP contribution is 2.44. The van der Waals surface area contributed by atoms with Gasteiger partial charge in [0.2, 0.25) is 9.84 Å². The molecular weight excluding hydrogens is 294 g/mol. The quantitative estimate of drug-likeness (QED) is 0.912. The first-order chi connectivity index (χ1) is 10.7. The molecule has 1 aliphatic carbocycles. The zero-order valence-corrected chi connectivity index (χ0v) is 13.1. The lowest BCUT2D eigenvalue weighted by Gasteiger charge is -2.25. The van der Waals surface area contributed by atoms with Gasteiger partial charge in [-0.25, -0.2) is 8.42 Å². The lowest BCUT2D eigenvalue weighted by atomic mass is 9.83. The maximum atomic E-state index is 12.8. The number of sulfone groups is 1. The second-order valence-electron chi connectivity index (χ2n) is 6.21. The van der Waals surface area contributed by atoms with Gasteiger partial charge in [0, 0.05) is 17.6 Å². The predicted octanol–water partition coefficient (Wildman–Crippen LogP) is 3.97. The summed E-state index contributed by atoms with van der Waals surface area (Å²) in [6.07, 6.45) is 4.83. The van der Waals surface area contributed by atoms with E-state index in [9.17, 15) is 8.42 Å². The van der Waals surface area contributed by atoms with E-state index in [1.54, 1.807) is 30.3 Å². The number of anilines is 1. The fourth-order valence-electron chi connectivity index (χ4n) is 3.76. The molecule has 4 heteroatoms. The molecule has 0 bridgehead atoms. The molecule has 2 atom stereocenters. The van der Waals surface area contributed by atoms with Crippen LogP contribution in [0, 0.1) is 0 Å². The van der Waals surface area contributed by atoms with Gasteiger partial charge in [-0.15, -0.1) is 0 Å². The number of rotatable bonds is 2. The Labute approximate surface area is 131 Å². The van der Waals surface area contributed by atoms with Crippen molar-refractivity contribution in [1.29, 1.82) is 0 Å². The Morgan fingerprint density at radius 3 is 2.50 bits per heavy atom. The fourth-order valence-corrected chi connectivity index (χ4v) is 5.07. The third-order valence-corrected chi connectivity index (χ3v) is 6.66. The van der Waals surface area contributed by atoms with Crippen molar-refractivity contribution >= 4 is 15.5 Å². The molecular formula is C18H19NO2S. The Bertz CT molecular complexity index is 799. The van der Waals surface area contributed by atoms with Crippen molar-refractivity contribution in [3.05, 3.63) is 54.1 Å². The number of fused-ring (bicyclic) bond motifs is 3. The fraction of sp³-hybridized carbons (Fsp3) is 0.333. The summed E-state index contributed by atoms with van der Waals surface area (Å²) in [7, 11) is -3.43. The molecule has 2 aromatic rings. The van der Waals surface area contributed by atoms with E-state index in [0.717, 1.165) is 12.1 Å².